The molecular weight excluding hydrogens is 186 g/mol. The van der Waals surface area contributed by atoms with E-state index in [9.17, 15) is 0 Å². The van der Waals surface area contributed by atoms with Gasteiger partial charge < -0.3 is 10.1 Å². The fraction of sp³-hybridized carbons (Fsp3) is 1.00. The molecule has 0 aromatic heterocycles. The van der Waals surface area contributed by atoms with Crippen LogP contribution < -0.4 is 5.32 Å². The van der Waals surface area contributed by atoms with E-state index in [4.69, 9.17) is 4.74 Å². The first-order chi connectivity index (χ1) is 7.18. The molecule has 4 unspecified atom stereocenters. The highest BCUT2D eigenvalue weighted by Gasteiger charge is 2.36. The van der Waals surface area contributed by atoms with E-state index >= 15 is 0 Å². The summed E-state index contributed by atoms with van der Waals surface area (Å²) in [7, 11) is 0. The van der Waals surface area contributed by atoms with Gasteiger partial charge in [-0.25, -0.2) is 0 Å². The molecular formula is C13H25NO. The van der Waals surface area contributed by atoms with E-state index in [1.54, 1.807) is 0 Å². The molecule has 15 heavy (non-hydrogen) atoms. The molecule has 1 saturated carbocycles. The number of ether oxygens (including phenoxy) is 1. The van der Waals surface area contributed by atoms with E-state index in [1.807, 2.05) is 0 Å². The van der Waals surface area contributed by atoms with Crippen LogP contribution in [-0.2, 0) is 4.74 Å². The van der Waals surface area contributed by atoms with Gasteiger partial charge in [0.1, 0.15) is 0 Å². The van der Waals surface area contributed by atoms with Crippen molar-refractivity contribution in [2.45, 2.75) is 64.7 Å². The summed E-state index contributed by atoms with van der Waals surface area (Å²) in [5.41, 5.74) is 0. The molecule has 0 spiro atoms. The van der Waals surface area contributed by atoms with Crippen molar-refractivity contribution < 1.29 is 4.74 Å². The molecule has 2 rings (SSSR count). The van der Waals surface area contributed by atoms with Gasteiger partial charge in [-0.15, -0.1) is 0 Å². The van der Waals surface area contributed by atoms with Gasteiger partial charge in [0.15, 0.2) is 0 Å². The Balaban J connectivity index is 1.78. The molecule has 2 heteroatoms. The summed E-state index contributed by atoms with van der Waals surface area (Å²) in [5, 5.41) is 3.72. The number of rotatable bonds is 3. The van der Waals surface area contributed by atoms with Gasteiger partial charge in [0.2, 0.25) is 0 Å². The molecule has 0 amide bonds. The van der Waals surface area contributed by atoms with E-state index in [0.717, 1.165) is 12.6 Å². The normalized spacial score (nSPS) is 42.6. The molecule has 1 aliphatic heterocycles. The predicted octanol–water partition coefficient (Wildman–Crippen LogP) is 2.58. The zero-order valence-electron chi connectivity index (χ0n) is 10.3. The van der Waals surface area contributed by atoms with Crippen molar-refractivity contribution in [2.24, 2.45) is 11.8 Å². The van der Waals surface area contributed by atoms with Gasteiger partial charge in [-0.05, 0) is 32.6 Å². The lowest BCUT2D eigenvalue weighted by molar-refractivity contribution is 0.0509. The first-order valence-corrected chi connectivity index (χ1v) is 6.57. The van der Waals surface area contributed by atoms with Crippen molar-refractivity contribution in [1.82, 2.24) is 5.32 Å². The highest BCUT2D eigenvalue weighted by molar-refractivity contribution is 4.86. The van der Waals surface area contributed by atoms with Crippen LogP contribution in [0, 0.1) is 11.8 Å². The summed E-state index contributed by atoms with van der Waals surface area (Å²) >= 11 is 0. The van der Waals surface area contributed by atoms with Crippen LogP contribution in [0.3, 0.4) is 0 Å². The van der Waals surface area contributed by atoms with Gasteiger partial charge in [-0.3, -0.25) is 0 Å². The van der Waals surface area contributed by atoms with Crippen LogP contribution in [-0.4, -0.2) is 24.8 Å². The largest absolute Gasteiger partial charge is 0.375 e. The maximum Gasteiger partial charge on any atom is 0.0594 e. The van der Waals surface area contributed by atoms with E-state index in [-0.39, 0.29) is 0 Å². The van der Waals surface area contributed by atoms with Gasteiger partial charge in [-0.1, -0.05) is 19.8 Å². The van der Waals surface area contributed by atoms with Gasteiger partial charge in [0.25, 0.3) is 0 Å². The standard InChI is InChI=1S/C13H25NO/c1-9-10(2)15-11(3)13(9)8-14-12-6-4-5-7-12/h9-14H,4-8H2,1-3H3. The lowest BCUT2D eigenvalue weighted by Crippen LogP contribution is -2.35. The Morgan fingerprint density at radius 3 is 2.27 bits per heavy atom. The van der Waals surface area contributed by atoms with Crippen molar-refractivity contribution in [3.63, 3.8) is 0 Å². The third-order valence-electron chi connectivity index (χ3n) is 4.45. The van der Waals surface area contributed by atoms with Crippen molar-refractivity contribution in [1.29, 1.82) is 0 Å². The predicted molar refractivity (Wildman–Crippen MR) is 62.9 cm³/mol. The van der Waals surface area contributed by atoms with E-state index in [2.05, 4.69) is 26.1 Å². The van der Waals surface area contributed by atoms with E-state index in [0.29, 0.717) is 24.0 Å². The minimum absolute atomic E-state index is 0.434. The topological polar surface area (TPSA) is 21.3 Å². The minimum Gasteiger partial charge on any atom is -0.375 e. The minimum atomic E-state index is 0.434. The summed E-state index contributed by atoms with van der Waals surface area (Å²) in [4.78, 5) is 0. The lowest BCUT2D eigenvalue weighted by atomic mass is 9.89. The van der Waals surface area contributed by atoms with Crippen LogP contribution in [0.2, 0.25) is 0 Å². The maximum absolute atomic E-state index is 5.86. The highest BCUT2D eigenvalue weighted by atomic mass is 16.5. The smallest absolute Gasteiger partial charge is 0.0594 e. The SMILES string of the molecule is CC1OC(C)C(CNC2CCCC2)C1C. The van der Waals surface area contributed by atoms with Crippen LogP contribution in [0.5, 0.6) is 0 Å². The number of nitrogens with one attached hydrogen (secondary N) is 1. The molecule has 1 heterocycles. The second kappa shape index (κ2) is 4.84. The molecule has 2 nitrogen and oxygen atoms in total. The summed E-state index contributed by atoms with van der Waals surface area (Å²) in [6.45, 7) is 7.91. The van der Waals surface area contributed by atoms with Gasteiger partial charge >= 0.3 is 0 Å². The third kappa shape index (κ3) is 2.54. The van der Waals surface area contributed by atoms with Crippen LogP contribution in [0.1, 0.15) is 46.5 Å². The molecule has 0 aromatic carbocycles. The van der Waals surface area contributed by atoms with Crippen LogP contribution >= 0.6 is 0 Å². The quantitative estimate of drug-likeness (QED) is 0.774. The Hall–Kier alpha value is -0.0800. The van der Waals surface area contributed by atoms with Gasteiger partial charge in [0, 0.05) is 18.5 Å². The van der Waals surface area contributed by atoms with Crippen molar-refractivity contribution in [3.8, 4) is 0 Å². The molecule has 1 aliphatic carbocycles. The Bertz CT molecular complexity index is 201. The van der Waals surface area contributed by atoms with E-state index in [1.165, 1.54) is 25.7 Å². The maximum atomic E-state index is 5.86. The molecule has 4 atom stereocenters. The van der Waals surface area contributed by atoms with Gasteiger partial charge in [0.05, 0.1) is 12.2 Å². The molecule has 88 valence electrons. The average molecular weight is 211 g/mol. The molecule has 1 saturated heterocycles. The Kier molecular flexibility index (Phi) is 3.68. The molecule has 2 aliphatic rings. The molecule has 0 aromatic rings. The zero-order valence-corrected chi connectivity index (χ0v) is 10.3. The highest BCUT2D eigenvalue weighted by Crippen LogP contribution is 2.32. The lowest BCUT2D eigenvalue weighted by Gasteiger charge is -2.21. The first-order valence-electron chi connectivity index (χ1n) is 6.57. The average Bonchev–Trinajstić information content (AvgIpc) is 2.76. The van der Waals surface area contributed by atoms with Crippen LogP contribution in [0.25, 0.3) is 0 Å². The molecule has 0 bridgehead atoms. The van der Waals surface area contributed by atoms with Crippen LogP contribution in [0.4, 0.5) is 0 Å². The Labute approximate surface area is 93.8 Å². The van der Waals surface area contributed by atoms with Crippen LogP contribution in [0.15, 0.2) is 0 Å². The monoisotopic (exact) mass is 211 g/mol. The zero-order chi connectivity index (χ0) is 10.8. The summed E-state index contributed by atoms with van der Waals surface area (Å²) in [6.07, 6.45) is 6.47. The second-order valence-corrected chi connectivity index (χ2v) is 5.46. The third-order valence-corrected chi connectivity index (χ3v) is 4.45. The number of hydrogen-bond acceptors (Lipinski definition) is 2. The fourth-order valence-corrected chi connectivity index (χ4v) is 3.12. The summed E-state index contributed by atoms with van der Waals surface area (Å²) in [5.74, 6) is 1.41. The molecule has 0 radical (unpaired) electrons. The summed E-state index contributed by atoms with van der Waals surface area (Å²) in [6, 6.07) is 0.792. The Morgan fingerprint density at radius 2 is 1.73 bits per heavy atom. The van der Waals surface area contributed by atoms with Crippen molar-refractivity contribution in [3.05, 3.63) is 0 Å². The van der Waals surface area contributed by atoms with E-state index < -0.39 is 0 Å². The second-order valence-electron chi connectivity index (χ2n) is 5.46. The number of hydrogen-bond donors (Lipinski definition) is 1. The van der Waals surface area contributed by atoms with Gasteiger partial charge in [-0.2, -0.15) is 0 Å². The molecule has 2 fully saturated rings. The fourth-order valence-electron chi connectivity index (χ4n) is 3.12. The summed E-state index contributed by atoms with van der Waals surface area (Å²) < 4.78 is 5.86. The molecule has 1 N–H and O–H groups in total. The van der Waals surface area contributed by atoms with Crippen molar-refractivity contribution >= 4 is 0 Å². The van der Waals surface area contributed by atoms with Crippen molar-refractivity contribution in [2.75, 3.05) is 6.54 Å². The Morgan fingerprint density at radius 1 is 1.07 bits per heavy atom. The first kappa shape index (κ1) is 11.4.